The summed E-state index contributed by atoms with van der Waals surface area (Å²) in [7, 11) is 0. The van der Waals surface area contributed by atoms with Gasteiger partial charge in [0.1, 0.15) is 23.5 Å². The summed E-state index contributed by atoms with van der Waals surface area (Å²) >= 11 is 0. The second kappa shape index (κ2) is 8.27. The lowest BCUT2D eigenvalue weighted by Gasteiger charge is -2.41. The molecule has 1 fully saturated rings. The van der Waals surface area contributed by atoms with E-state index in [2.05, 4.69) is 24.9 Å². The van der Waals surface area contributed by atoms with Crippen molar-refractivity contribution >= 4 is 17.7 Å². The van der Waals surface area contributed by atoms with Gasteiger partial charge in [0, 0.05) is 36.5 Å². The van der Waals surface area contributed by atoms with Crippen LogP contribution in [0.3, 0.4) is 0 Å². The summed E-state index contributed by atoms with van der Waals surface area (Å²) in [5.41, 5.74) is 8.57. The first kappa shape index (κ1) is 20.5. The number of pyridine rings is 1. The molecule has 1 saturated carbocycles. The Hall–Kier alpha value is -4.40. The molecule has 164 valence electrons. The molecular formula is C24H23N8O+. The number of aromatic nitrogens is 5. The van der Waals surface area contributed by atoms with E-state index >= 15 is 0 Å². The highest BCUT2D eigenvalue weighted by molar-refractivity contribution is 6.04. The Morgan fingerprint density at radius 1 is 1.00 bits per heavy atom. The lowest BCUT2D eigenvalue weighted by atomic mass is 9.63. The molecule has 3 heterocycles. The van der Waals surface area contributed by atoms with Crippen molar-refractivity contribution in [1.29, 1.82) is 5.41 Å². The third-order valence-corrected chi connectivity index (χ3v) is 6.12. The third kappa shape index (κ3) is 3.84. The van der Waals surface area contributed by atoms with Crippen LogP contribution in [0.2, 0.25) is 0 Å². The highest BCUT2D eigenvalue weighted by Gasteiger charge is 2.43. The van der Waals surface area contributed by atoms with E-state index in [-0.39, 0.29) is 17.7 Å². The van der Waals surface area contributed by atoms with Crippen LogP contribution in [0.5, 0.6) is 0 Å². The maximum Gasteiger partial charge on any atom is 0.367 e. The van der Waals surface area contributed by atoms with Crippen LogP contribution in [0.1, 0.15) is 30.4 Å². The number of amidine groups is 1. The summed E-state index contributed by atoms with van der Waals surface area (Å²) in [6.07, 6.45) is 12.9. The quantitative estimate of drug-likeness (QED) is 0.279. The highest BCUT2D eigenvalue weighted by atomic mass is 16.3. The van der Waals surface area contributed by atoms with Crippen molar-refractivity contribution in [1.82, 2.24) is 24.5 Å². The first-order valence-electron chi connectivity index (χ1n) is 10.6. The Morgan fingerprint density at radius 3 is 2.33 bits per heavy atom. The molecule has 9 heteroatoms. The molecule has 5 N–H and O–H groups in total. The van der Waals surface area contributed by atoms with E-state index in [1.807, 2.05) is 30.3 Å². The SMILES string of the molecule is N=C(N=C([OH2+])c1ccc(-n2ccnc2)nc1)C1(c2ccc(-c3cnc(N)nc3)cc2)CCC1. The molecule has 0 radical (unpaired) electrons. The fourth-order valence-electron chi connectivity index (χ4n) is 4.02. The maximum absolute atomic E-state index is 8.73. The number of benzene rings is 1. The molecule has 0 bridgehead atoms. The number of imidazole rings is 1. The van der Waals surface area contributed by atoms with Gasteiger partial charge in [-0.15, -0.1) is 4.99 Å². The number of nitrogens with zero attached hydrogens (tertiary/aromatic N) is 6. The molecule has 0 unspecified atom stereocenters. The third-order valence-electron chi connectivity index (χ3n) is 6.12. The standard InChI is InChI=1S/C24H22N8O/c25-22(31-21(33)17-4-7-20(28-12-17)32-11-10-27-15-32)24(8-1-9-24)19-5-2-16(3-6-19)18-13-29-23(26)30-14-18/h2-7,10-15H,1,8-9H2,(H2,25,31,33)(H2,26,29,30)/p+1. The minimum atomic E-state index is -0.466. The Kier molecular flexibility index (Phi) is 5.14. The second-order valence-electron chi connectivity index (χ2n) is 8.03. The van der Waals surface area contributed by atoms with Crippen molar-refractivity contribution in [2.75, 3.05) is 5.73 Å². The molecule has 4 aromatic rings. The van der Waals surface area contributed by atoms with Crippen LogP contribution in [-0.4, -0.2) is 41.3 Å². The van der Waals surface area contributed by atoms with Gasteiger partial charge in [-0.25, -0.2) is 19.9 Å². The van der Waals surface area contributed by atoms with Gasteiger partial charge >= 0.3 is 5.90 Å². The fourth-order valence-corrected chi connectivity index (χ4v) is 4.02. The zero-order chi connectivity index (χ0) is 22.8. The maximum atomic E-state index is 8.73. The molecule has 0 aliphatic heterocycles. The molecule has 3 aromatic heterocycles. The number of nitrogen functional groups attached to an aromatic ring is 1. The van der Waals surface area contributed by atoms with E-state index in [1.165, 1.54) is 0 Å². The first-order valence-corrected chi connectivity index (χ1v) is 10.6. The Balaban J connectivity index is 1.37. The predicted molar refractivity (Wildman–Crippen MR) is 127 cm³/mol. The summed E-state index contributed by atoms with van der Waals surface area (Å²) < 4.78 is 1.79. The van der Waals surface area contributed by atoms with Crippen molar-refractivity contribution < 1.29 is 5.11 Å². The van der Waals surface area contributed by atoms with Gasteiger partial charge in [-0.05, 0) is 36.1 Å². The molecule has 1 aliphatic carbocycles. The number of nitrogens with two attached hydrogens (primary N) is 1. The van der Waals surface area contributed by atoms with Crippen LogP contribution in [-0.2, 0) is 5.41 Å². The summed E-state index contributed by atoms with van der Waals surface area (Å²) in [6, 6.07) is 11.7. The van der Waals surface area contributed by atoms with Gasteiger partial charge < -0.3 is 10.8 Å². The fraction of sp³-hybridized carbons (Fsp3) is 0.167. The van der Waals surface area contributed by atoms with Crippen LogP contribution in [0.15, 0.2) is 78.7 Å². The molecule has 0 atom stereocenters. The van der Waals surface area contributed by atoms with Gasteiger partial charge in [-0.2, -0.15) is 0 Å². The smallest absolute Gasteiger partial charge is 0.367 e. The van der Waals surface area contributed by atoms with Gasteiger partial charge in [0.15, 0.2) is 0 Å². The van der Waals surface area contributed by atoms with E-state index in [1.54, 1.807) is 47.9 Å². The highest BCUT2D eigenvalue weighted by Crippen LogP contribution is 2.45. The second-order valence-corrected chi connectivity index (χ2v) is 8.03. The number of aliphatic imine (C=N–C) groups is 1. The molecular weight excluding hydrogens is 416 g/mol. The lowest BCUT2D eigenvalue weighted by molar-refractivity contribution is 0.336. The first-order chi connectivity index (χ1) is 16.0. The van der Waals surface area contributed by atoms with Crippen molar-refractivity contribution in [2.24, 2.45) is 4.99 Å². The van der Waals surface area contributed by atoms with Crippen molar-refractivity contribution in [3.05, 3.63) is 84.8 Å². The van der Waals surface area contributed by atoms with Crippen LogP contribution >= 0.6 is 0 Å². The Bertz CT molecular complexity index is 1290. The van der Waals surface area contributed by atoms with E-state index in [0.717, 1.165) is 36.0 Å². The summed E-state index contributed by atoms with van der Waals surface area (Å²) in [5.74, 6) is 1.20. The van der Waals surface area contributed by atoms with E-state index in [0.29, 0.717) is 11.4 Å². The van der Waals surface area contributed by atoms with E-state index < -0.39 is 5.41 Å². The average Bonchev–Trinajstić information content (AvgIpc) is 3.34. The monoisotopic (exact) mass is 439 g/mol. The molecule has 0 spiro atoms. The molecule has 1 aliphatic rings. The van der Waals surface area contributed by atoms with Crippen molar-refractivity contribution in [2.45, 2.75) is 24.7 Å². The van der Waals surface area contributed by atoms with Gasteiger partial charge in [-0.3, -0.25) is 9.98 Å². The number of nitrogens with one attached hydrogen (secondary N) is 1. The van der Waals surface area contributed by atoms with Gasteiger partial charge in [0.25, 0.3) is 0 Å². The van der Waals surface area contributed by atoms with Crippen LogP contribution < -0.4 is 5.73 Å². The molecule has 9 nitrogen and oxygen atoms in total. The molecule has 1 aromatic carbocycles. The minimum Gasteiger partial charge on any atom is -0.578 e. The summed E-state index contributed by atoms with van der Waals surface area (Å²) in [5, 5.41) is 17.2. The summed E-state index contributed by atoms with van der Waals surface area (Å²) in [4.78, 5) is 20.9. The zero-order valence-corrected chi connectivity index (χ0v) is 17.8. The largest absolute Gasteiger partial charge is 0.578 e. The topological polar surface area (TPSA) is 142 Å². The average molecular weight is 440 g/mol. The minimum absolute atomic E-state index is 0.0339. The van der Waals surface area contributed by atoms with Crippen LogP contribution in [0.4, 0.5) is 5.95 Å². The normalized spacial score (nSPS) is 15.1. The number of anilines is 1. The van der Waals surface area contributed by atoms with Crippen molar-refractivity contribution in [3.8, 4) is 16.9 Å². The molecule has 0 saturated heterocycles. The van der Waals surface area contributed by atoms with Crippen LogP contribution in [0.25, 0.3) is 16.9 Å². The van der Waals surface area contributed by atoms with Crippen molar-refractivity contribution in [3.63, 3.8) is 0 Å². The number of hydrogen-bond donors (Lipinski definition) is 2. The molecule has 5 rings (SSSR count). The van der Waals surface area contributed by atoms with E-state index in [4.69, 9.17) is 16.2 Å². The molecule has 33 heavy (non-hydrogen) atoms. The van der Waals surface area contributed by atoms with Gasteiger partial charge in [0.05, 0.1) is 5.41 Å². The predicted octanol–water partition coefficient (Wildman–Crippen LogP) is 2.88. The lowest BCUT2D eigenvalue weighted by Crippen LogP contribution is -2.41. The Morgan fingerprint density at radius 2 is 1.76 bits per heavy atom. The van der Waals surface area contributed by atoms with Crippen LogP contribution in [0, 0.1) is 5.41 Å². The molecule has 0 amide bonds. The zero-order valence-electron chi connectivity index (χ0n) is 17.8. The number of rotatable bonds is 5. The summed E-state index contributed by atoms with van der Waals surface area (Å²) in [6.45, 7) is 0. The number of hydrogen-bond acceptors (Lipinski definition) is 6. The Labute approximate surface area is 190 Å². The van der Waals surface area contributed by atoms with Gasteiger partial charge in [0.2, 0.25) is 5.95 Å². The van der Waals surface area contributed by atoms with Gasteiger partial charge in [-0.1, -0.05) is 30.7 Å². The van der Waals surface area contributed by atoms with E-state index in [9.17, 15) is 0 Å².